The molecule has 166 valence electrons. The van der Waals surface area contributed by atoms with Crippen LogP contribution in [0.15, 0.2) is 39.4 Å². The molecule has 1 atom stereocenters. The zero-order valence-corrected chi connectivity index (χ0v) is 19.0. The van der Waals surface area contributed by atoms with Gasteiger partial charge < -0.3 is 24.6 Å². The molecule has 4 rings (SSSR count). The second kappa shape index (κ2) is 7.99. The van der Waals surface area contributed by atoms with E-state index in [1.165, 1.54) is 6.21 Å². The van der Waals surface area contributed by atoms with Crippen molar-refractivity contribution in [2.24, 2.45) is 0 Å². The number of methoxy groups -OCH3 is 1. The lowest BCUT2D eigenvalue weighted by molar-refractivity contribution is 0.393. The molecule has 2 N–H and O–H groups in total. The third kappa shape index (κ3) is 3.35. The quantitative estimate of drug-likeness (QED) is 0.446. The van der Waals surface area contributed by atoms with Crippen LogP contribution in [0.25, 0.3) is 33.1 Å². The lowest BCUT2D eigenvalue weighted by Gasteiger charge is -2.17. The summed E-state index contributed by atoms with van der Waals surface area (Å²) in [5.41, 5.74) is 4.95. The number of imidazole rings is 1. The van der Waals surface area contributed by atoms with E-state index in [1.807, 2.05) is 58.1 Å². The van der Waals surface area contributed by atoms with Crippen LogP contribution in [0, 0.1) is 19.3 Å². The molecule has 32 heavy (non-hydrogen) atoms. The highest BCUT2D eigenvalue weighted by Gasteiger charge is 2.21. The predicted molar refractivity (Wildman–Crippen MR) is 125 cm³/mol. The first kappa shape index (κ1) is 21.4. The van der Waals surface area contributed by atoms with Crippen molar-refractivity contribution in [2.75, 3.05) is 21.2 Å². The van der Waals surface area contributed by atoms with E-state index in [4.69, 9.17) is 14.7 Å². The maximum absolute atomic E-state index is 12.9. The van der Waals surface area contributed by atoms with E-state index in [2.05, 4.69) is 15.1 Å². The number of nitrogens with zero attached hydrogens (tertiary/aromatic N) is 4. The van der Waals surface area contributed by atoms with Gasteiger partial charge in [0.05, 0.1) is 47.2 Å². The first-order valence-electron chi connectivity index (χ1n) is 10.2. The van der Waals surface area contributed by atoms with Crippen LogP contribution in [0.3, 0.4) is 0 Å². The monoisotopic (exact) mass is 434 g/mol. The van der Waals surface area contributed by atoms with Crippen LogP contribution in [-0.2, 0) is 0 Å². The van der Waals surface area contributed by atoms with Crippen LogP contribution in [-0.4, -0.2) is 52.0 Å². The van der Waals surface area contributed by atoms with Gasteiger partial charge in [0.2, 0.25) is 0 Å². The Morgan fingerprint density at radius 3 is 2.69 bits per heavy atom. The Labute approximate surface area is 184 Å². The molecule has 9 nitrogen and oxygen atoms in total. The van der Waals surface area contributed by atoms with Crippen LogP contribution < -0.4 is 10.4 Å². The van der Waals surface area contributed by atoms with Gasteiger partial charge in [-0.3, -0.25) is 9.55 Å². The number of allylic oxidation sites excluding steroid dienone is 1. The van der Waals surface area contributed by atoms with E-state index in [0.717, 1.165) is 22.2 Å². The van der Waals surface area contributed by atoms with Gasteiger partial charge in [-0.25, -0.2) is 4.79 Å². The van der Waals surface area contributed by atoms with Crippen molar-refractivity contribution < 1.29 is 9.26 Å². The Bertz CT molecular complexity index is 1400. The Balaban J connectivity index is 1.97. The highest BCUT2D eigenvalue weighted by molar-refractivity contribution is 6.04. The number of aromatic amines is 1. The van der Waals surface area contributed by atoms with Crippen LogP contribution in [0.5, 0.6) is 5.75 Å². The van der Waals surface area contributed by atoms with Crippen molar-refractivity contribution in [2.45, 2.75) is 26.8 Å². The summed E-state index contributed by atoms with van der Waals surface area (Å²) in [7, 11) is 5.37. The number of aromatic nitrogens is 4. The largest absolute Gasteiger partial charge is 0.496 e. The van der Waals surface area contributed by atoms with Gasteiger partial charge in [-0.05, 0) is 32.9 Å². The Kier molecular flexibility index (Phi) is 5.33. The number of ether oxygens (including phenoxy) is 1. The lowest BCUT2D eigenvalue weighted by Crippen LogP contribution is -2.23. The fourth-order valence-electron chi connectivity index (χ4n) is 4.13. The Hall–Kier alpha value is -3.88. The summed E-state index contributed by atoms with van der Waals surface area (Å²) in [4.78, 5) is 22.4. The van der Waals surface area contributed by atoms with E-state index in [1.54, 1.807) is 17.9 Å². The summed E-state index contributed by atoms with van der Waals surface area (Å²) in [6.07, 6.45) is 4.78. The standard InChI is InChI=1S/C23H26N6O3/c1-12-21(14(3)32-27-12)17-7-18-16(8-20(17)31-6)22-19(10-25-18)29(23(30)26-22)13(2)15(9-24)11-28(4)5/h7-11,13,24H,1-6H3,(H,26,30)/b15-11+,24-9?. The molecule has 0 spiro atoms. The van der Waals surface area contributed by atoms with Crippen molar-refractivity contribution in [3.8, 4) is 16.9 Å². The van der Waals surface area contributed by atoms with Gasteiger partial charge in [0, 0.05) is 43.0 Å². The molecule has 1 unspecified atom stereocenters. The van der Waals surface area contributed by atoms with Gasteiger partial charge in [0.25, 0.3) is 0 Å². The number of pyridine rings is 1. The zero-order chi connectivity index (χ0) is 23.2. The second-order valence-electron chi connectivity index (χ2n) is 8.00. The molecule has 9 heteroatoms. The van der Waals surface area contributed by atoms with Crippen molar-refractivity contribution in [1.29, 1.82) is 5.41 Å². The number of H-pyrrole nitrogens is 1. The highest BCUT2D eigenvalue weighted by Crippen LogP contribution is 2.38. The number of rotatable bonds is 6. The maximum atomic E-state index is 12.9. The van der Waals surface area contributed by atoms with Crippen molar-refractivity contribution in [1.82, 2.24) is 24.6 Å². The minimum Gasteiger partial charge on any atom is -0.496 e. The van der Waals surface area contributed by atoms with Crippen LogP contribution in [0.2, 0.25) is 0 Å². The van der Waals surface area contributed by atoms with Crippen molar-refractivity contribution in [3.63, 3.8) is 0 Å². The molecule has 0 bridgehead atoms. The molecular weight excluding hydrogens is 408 g/mol. The van der Waals surface area contributed by atoms with Crippen LogP contribution >= 0.6 is 0 Å². The fraction of sp³-hybridized carbons (Fsp3) is 0.304. The number of nitrogens with one attached hydrogen (secondary N) is 2. The van der Waals surface area contributed by atoms with Gasteiger partial charge in [-0.2, -0.15) is 0 Å². The van der Waals surface area contributed by atoms with Gasteiger partial charge in [0.1, 0.15) is 11.5 Å². The molecule has 0 saturated carbocycles. The van der Waals surface area contributed by atoms with E-state index in [9.17, 15) is 4.79 Å². The van der Waals surface area contributed by atoms with E-state index in [-0.39, 0.29) is 11.7 Å². The second-order valence-corrected chi connectivity index (χ2v) is 8.00. The normalized spacial score (nSPS) is 13.0. The van der Waals surface area contributed by atoms with Gasteiger partial charge >= 0.3 is 5.69 Å². The van der Waals surface area contributed by atoms with Crippen LogP contribution in [0.4, 0.5) is 0 Å². The highest BCUT2D eigenvalue weighted by atomic mass is 16.5. The molecule has 0 aliphatic carbocycles. The molecule has 4 aromatic rings. The number of aryl methyl sites for hydroxylation is 2. The van der Waals surface area contributed by atoms with Gasteiger partial charge in [-0.1, -0.05) is 5.16 Å². The minimum absolute atomic E-state index is 0.262. The summed E-state index contributed by atoms with van der Waals surface area (Å²) in [6, 6.07) is 3.46. The molecule has 0 amide bonds. The summed E-state index contributed by atoms with van der Waals surface area (Å²) in [5, 5.41) is 12.6. The van der Waals surface area contributed by atoms with Gasteiger partial charge in [0.15, 0.2) is 0 Å². The molecule has 3 aromatic heterocycles. The maximum Gasteiger partial charge on any atom is 0.327 e. The smallest absolute Gasteiger partial charge is 0.327 e. The van der Waals surface area contributed by atoms with Crippen molar-refractivity contribution in [3.05, 3.63) is 52.0 Å². The fourth-order valence-corrected chi connectivity index (χ4v) is 4.13. The van der Waals surface area contributed by atoms with E-state index in [0.29, 0.717) is 33.6 Å². The van der Waals surface area contributed by atoms with Crippen LogP contribution in [0.1, 0.15) is 24.4 Å². The lowest BCUT2D eigenvalue weighted by atomic mass is 10.0. The SMILES string of the molecule is COc1cc2c(cc1-c1c(C)noc1C)ncc1c2[nH]c(=O)n1C(C)/C(C=N)=C/N(C)C. The Morgan fingerprint density at radius 1 is 1.34 bits per heavy atom. The third-order valence-electron chi connectivity index (χ3n) is 5.63. The molecule has 0 aliphatic rings. The zero-order valence-electron chi connectivity index (χ0n) is 19.0. The molecule has 0 aliphatic heterocycles. The molecule has 3 heterocycles. The topological polar surface area (TPSA) is 113 Å². The van der Waals surface area contributed by atoms with E-state index >= 15 is 0 Å². The first-order chi connectivity index (χ1) is 15.3. The summed E-state index contributed by atoms with van der Waals surface area (Å²) >= 11 is 0. The average Bonchev–Trinajstić information content (AvgIpc) is 3.28. The first-order valence-corrected chi connectivity index (χ1v) is 10.2. The number of fused-ring (bicyclic) bond motifs is 3. The van der Waals surface area contributed by atoms with Gasteiger partial charge in [-0.15, -0.1) is 0 Å². The third-order valence-corrected chi connectivity index (χ3v) is 5.63. The summed E-state index contributed by atoms with van der Waals surface area (Å²) in [5.74, 6) is 1.33. The number of hydrogen-bond donors (Lipinski definition) is 2. The average molecular weight is 435 g/mol. The molecule has 1 aromatic carbocycles. The van der Waals surface area contributed by atoms with Crippen molar-refractivity contribution >= 4 is 28.2 Å². The predicted octanol–water partition coefficient (Wildman–Crippen LogP) is 3.81. The molecule has 0 radical (unpaired) electrons. The summed E-state index contributed by atoms with van der Waals surface area (Å²) < 4.78 is 12.6. The molecule has 0 saturated heterocycles. The number of benzene rings is 1. The van der Waals surface area contributed by atoms with E-state index < -0.39 is 0 Å². The summed E-state index contributed by atoms with van der Waals surface area (Å²) in [6.45, 7) is 5.63. The Morgan fingerprint density at radius 2 is 2.09 bits per heavy atom. The molecular formula is C23H26N6O3. The molecule has 0 fully saturated rings. The minimum atomic E-state index is -0.348. The number of hydrogen-bond acceptors (Lipinski definition) is 7.